The summed E-state index contributed by atoms with van der Waals surface area (Å²) in [5, 5.41) is 4.45. The van der Waals surface area contributed by atoms with Crippen molar-refractivity contribution in [3.8, 4) is 5.69 Å². The normalized spacial score (nSPS) is 23.9. The quantitative estimate of drug-likeness (QED) is 0.859. The number of hydrogen-bond donors (Lipinski definition) is 0. The van der Waals surface area contributed by atoms with E-state index in [1.807, 2.05) is 29.1 Å². The van der Waals surface area contributed by atoms with Crippen LogP contribution in [0.25, 0.3) is 5.69 Å². The Bertz CT molecular complexity index is 552. The lowest BCUT2D eigenvalue weighted by molar-refractivity contribution is -0.0526. The Kier molecular flexibility index (Phi) is 3.85. The summed E-state index contributed by atoms with van der Waals surface area (Å²) in [5.41, 5.74) is 2.34. The van der Waals surface area contributed by atoms with E-state index in [0.29, 0.717) is 12.1 Å². The molecule has 0 amide bonds. The van der Waals surface area contributed by atoms with E-state index in [-0.39, 0.29) is 0 Å². The molecule has 4 heteroatoms. The third-order valence-electron chi connectivity index (χ3n) is 3.78. The van der Waals surface area contributed by atoms with Gasteiger partial charge in [0.25, 0.3) is 0 Å². The summed E-state index contributed by atoms with van der Waals surface area (Å²) in [6, 6.07) is 10.7. The van der Waals surface area contributed by atoms with Crippen LogP contribution in [-0.4, -0.2) is 40.0 Å². The SMILES string of the molecule is CC1CN(Cc2cnn(-c3ccccc3)c2)C(C)CO1. The minimum Gasteiger partial charge on any atom is -0.376 e. The molecule has 0 bridgehead atoms. The molecule has 2 unspecified atom stereocenters. The molecule has 2 heterocycles. The highest BCUT2D eigenvalue weighted by Gasteiger charge is 2.23. The molecule has 1 aliphatic rings. The molecule has 0 saturated carbocycles. The molecule has 3 rings (SSSR count). The number of ether oxygens (including phenoxy) is 1. The first-order valence-electron chi connectivity index (χ1n) is 7.17. The van der Waals surface area contributed by atoms with Crippen molar-refractivity contribution >= 4 is 0 Å². The van der Waals surface area contributed by atoms with Gasteiger partial charge in [-0.3, -0.25) is 4.90 Å². The lowest BCUT2D eigenvalue weighted by Gasteiger charge is -2.36. The Balaban J connectivity index is 1.71. The van der Waals surface area contributed by atoms with Gasteiger partial charge in [-0.15, -0.1) is 0 Å². The molecule has 20 heavy (non-hydrogen) atoms. The van der Waals surface area contributed by atoms with E-state index in [1.54, 1.807) is 0 Å². The first kappa shape index (κ1) is 13.3. The topological polar surface area (TPSA) is 30.3 Å². The van der Waals surface area contributed by atoms with Crippen LogP contribution in [0.1, 0.15) is 19.4 Å². The predicted octanol–water partition coefficient (Wildman–Crippen LogP) is 2.48. The number of rotatable bonds is 3. The van der Waals surface area contributed by atoms with Crippen LogP contribution in [0.15, 0.2) is 42.7 Å². The third kappa shape index (κ3) is 2.92. The van der Waals surface area contributed by atoms with Gasteiger partial charge in [-0.2, -0.15) is 5.10 Å². The van der Waals surface area contributed by atoms with Crippen molar-refractivity contribution in [2.24, 2.45) is 0 Å². The summed E-state index contributed by atoms with van der Waals surface area (Å²) in [7, 11) is 0. The maximum Gasteiger partial charge on any atom is 0.0674 e. The van der Waals surface area contributed by atoms with Gasteiger partial charge >= 0.3 is 0 Å². The predicted molar refractivity (Wildman–Crippen MR) is 78.9 cm³/mol. The fraction of sp³-hybridized carbons (Fsp3) is 0.438. The number of nitrogens with zero attached hydrogens (tertiary/aromatic N) is 3. The third-order valence-corrected chi connectivity index (χ3v) is 3.78. The van der Waals surface area contributed by atoms with Crippen molar-refractivity contribution in [1.29, 1.82) is 0 Å². The van der Waals surface area contributed by atoms with Crippen molar-refractivity contribution in [2.75, 3.05) is 13.2 Å². The van der Waals surface area contributed by atoms with Gasteiger partial charge in [-0.25, -0.2) is 4.68 Å². The summed E-state index contributed by atoms with van der Waals surface area (Å²) in [6.45, 7) is 7.08. The van der Waals surface area contributed by atoms with Crippen LogP contribution in [0.4, 0.5) is 0 Å². The van der Waals surface area contributed by atoms with E-state index in [1.165, 1.54) is 5.56 Å². The monoisotopic (exact) mass is 271 g/mol. The van der Waals surface area contributed by atoms with E-state index in [4.69, 9.17) is 4.74 Å². The van der Waals surface area contributed by atoms with E-state index >= 15 is 0 Å². The van der Waals surface area contributed by atoms with Gasteiger partial charge in [0, 0.05) is 30.9 Å². The standard InChI is InChI=1S/C16H21N3O/c1-13-12-20-14(2)9-18(13)10-15-8-17-19(11-15)16-6-4-3-5-7-16/h3-8,11,13-14H,9-10,12H2,1-2H3. The first-order valence-corrected chi connectivity index (χ1v) is 7.17. The lowest BCUT2D eigenvalue weighted by atomic mass is 10.2. The minimum absolute atomic E-state index is 0.315. The van der Waals surface area contributed by atoms with Gasteiger partial charge in [-0.05, 0) is 26.0 Å². The van der Waals surface area contributed by atoms with Crippen LogP contribution in [0.2, 0.25) is 0 Å². The lowest BCUT2D eigenvalue weighted by Crippen LogP contribution is -2.46. The Morgan fingerprint density at radius 1 is 1.25 bits per heavy atom. The molecule has 0 aliphatic carbocycles. The van der Waals surface area contributed by atoms with Crippen LogP contribution in [0.3, 0.4) is 0 Å². The van der Waals surface area contributed by atoms with Gasteiger partial charge in [0.2, 0.25) is 0 Å². The van der Waals surface area contributed by atoms with Crippen LogP contribution in [0.5, 0.6) is 0 Å². The van der Waals surface area contributed by atoms with Crippen molar-refractivity contribution in [3.05, 3.63) is 48.3 Å². The Labute approximate surface area is 120 Å². The zero-order valence-corrected chi connectivity index (χ0v) is 12.1. The molecule has 2 aromatic rings. The fourth-order valence-corrected chi connectivity index (χ4v) is 2.59. The summed E-state index contributed by atoms with van der Waals surface area (Å²) in [4.78, 5) is 2.46. The van der Waals surface area contributed by atoms with Crippen molar-refractivity contribution in [1.82, 2.24) is 14.7 Å². The van der Waals surface area contributed by atoms with Crippen LogP contribution in [-0.2, 0) is 11.3 Å². The van der Waals surface area contributed by atoms with Gasteiger partial charge in [0.1, 0.15) is 0 Å². The average Bonchev–Trinajstić information content (AvgIpc) is 2.92. The molecule has 0 radical (unpaired) electrons. The molecule has 1 aromatic heterocycles. The summed E-state index contributed by atoms with van der Waals surface area (Å²) >= 11 is 0. The first-order chi connectivity index (χ1) is 9.72. The van der Waals surface area contributed by atoms with E-state index in [2.05, 4.69) is 42.2 Å². The second-order valence-electron chi connectivity index (χ2n) is 5.55. The molecule has 1 saturated heterocycles. The maximum absolute atomic E-state index is 5.67. The highest BCUT2D eigenvalue weighted by Crippen LogP contribution is 2.16. The van der Waals surface area contributed by atoms with E-state index in [0.717, 1.165) is 25.4 Å². The van der Waals surface area contributed by atoms with Crippen LogP contribution in [0, 0.1) is 0 Å². The average molecular weight is 271 g/mol. The molecule has 1 fully saturated rings. The molecule has 2 atom stereocenters. The Morgan fingerprint density at radius 3 is 2.85 bits per heavy atom. The molecule has 4 nitrogen and oxygen atoms in total. The Hall–Kier alpha value is -1.65. The van der Waals surface area contributed by atoms with Gasteiger partial charge in [0.05, 0.1) is 24.6 Å². The smallest absolute Gasteiger partial charge is 0.0674 e. The molecule has 0 spiro atoms. The van der Waals surface area contributed by atoms with Crippen LogP contribution >= 0.6 is 0 Å². The number of morpholine rings is 1. The second-order valence-corrected chi connectivity index (χ2v) is 5.55. The van der Waals surface area contributed by atoms with E-state index < -0.39 is 0 Å². The molecular weight excluding hydrogens is 250 g/mol. The number of benzene rings is 1. The second kappa shape index (κ2) is 5.77. The molecular formula is C16H21N3O. The highest BCUT2D eigenvalue weighted by molar-refractivity contribution is 5.30. The largest absolute Gasteiger partial charge is 0.376 e. The molecule has 1 aliphatic heterocycles. The fourth-order valence-electron chi connectivity index (χ4n) is 2.59. The highest BCUT2D eigenvalue weighted by atomic mass is 16.5. The van der Waals surface area contributed by atoms with Gasteiger partial charge in [-0.1, -0.05) is 18.2 Å². The van der Waals surface area contributed by atoms with Crippen molar-refractivity contribution < 1.29 is 4.74 Å². The summed E-state index contributed by atoms with van der Waals surface area (Å²) < 4.78 is 7.60. The molecule has 106 valence electrons. The molecule has 1 aromatic carbocycles. The Morgan fingerprint density at radius 2 is 2.05 bits per heavy atom. The number of aromatic nitrogens is 2. The van der Waals surface area contributed by atoms with Gasteiger partial charge < -0.3 is 4.74 Å². The number of para-hydroxylation sites is 1. The van der Waals surface area contributed by atoms with Gasteiger partial charge in [0.15, 0.2) is 0 Å². The zero-order chi connectivity index (χ0) is 13.9. The van der Waals surface area contributed by atoms with E-state index in [9.17, 15) is 0 Å². The summed E-state index contributed by atoms with van der Waals surface area (Å²) in [5.74, 6) is 0. The molecule has 0 N–H and O–H groups in total. The number of hydrogen-bond acceptors (Lipinski definition) is 3. The minimum atomic E-state index is 0.315. The van der Waals surface area contributed by atoms with Crippen molar-refractivity contribution in [3.63, 3.8) is 0 Å². The zero-order valence-electron chi connectivity index (χ0n) is 12.1. The van der Waals surface area contributed by atoms with Crippen molar-refractivity contribution in [2.45, 2.75) is 32.5 Å². The summed E-state index contributed by atoms with van der Waals surface area (Å²) in [6.07, 6.45) is 4.39. The maximum atomic E-state index is 5.67. The van der Waals surface area contributed by atoms with Crippen LogP contribution < -0.4 is 0 Å².